The lowest BCUT2D eigenvalue weighted by molar-refractivity contribution is 0.963. The van der Waals surface area contributed by atoms with E-state index in [4.69, 9.17) is 11.6 Å². The van der Waals surface area contributed by atoms with Gasteiger partial charge in [0.15, 0.2) is 0 Å². The van der Waals surface area contributed by atoms with Crippen molar-refractivity contribution in [2.45, 2.75) is 17.4 Å². The highest BCUT2D eigenvalue weighted by Gasteiger charge is 2.31. The molecule has 1 heterocycles. The monoisotopic (exact) mass is 244 g/mol. The number of hydrogen-bond acceptors (Lipinski definition) is 2. The van der Waals surface area contributed by atoms with Crippen molar-refractivity contribution >= 4 is 35.1 Å². The van der Waals surface area contributed by atoms with E-state index in [1.165, 1.54) is 23.5 Å². The second kappa shape index (κ2) is 4.38. The first kappa shape index (κ1) is 10.7. The van der Waals surface area contributed by atoms with E-state index in [-0.39, 0.29) is 4.08 Å². The number of rotatable bonds is 1. The summed E-state index contributed by atoms with van der Waals surface area (Å²) in [5.41, 5.74) is 1.27. The Hall–Kier alpha value is 0.210. The highest BCUT2D eigenvalue weighted by atomic mass is 35.5. The van der Waals surface area contributed by atoms with Crippen LogP contribution in [0.3, 0.4) is 0 Å². The van der Waals surface area contributed by atoms with Gasteiger partial charge in [0, 0.05) is 5.02 Å². The SMILES string of the molecule is CC1(c2ccccc2Cl)SCCCS1. The number of hydrogen-bond donors (Lipinski definition) is 0. The lowest BCUT2D eigenvalue weighted by atomic mass is 10.1. The van der Waals surface area contributed by atoms with Gasteiger partial charge in [0.25, 0.3) is 0 Å². The van der Waals surface area contributed by atoms with E-state index in [9.17, 15) is 0 Å². The van der Waals surface area contributed by atoms with Gasteiger partial charge in [-0.05, 0) is 36.5 Å². The van der Waals surface area contributed by atoms with Crippen molar-refractivity contribution in [2.24, 2.45) is 0 Å². The van der Waals surface area contributed by atoms with Crippen LogP contribution in [0.15, 0.2) is 24.3 Å². The third-order valence-electron chi connectivity index (χ3n) is 2.41. The fourth-order valence-electron chi connectivity index (χ4n) is 1.62. The molecule has 0 radical (unpaired) electrons. The van der Waals surface area contributed by atoms with Crippen LogP contribution in [0.1, 0.15) is 18.9 Å². The van der Waals surface area contributed by atoms with Crippen molar-refractivity contribution in [3.8, 4) is 0 Å². The second-order valence-corrected chi connectivity index (χ2v) is 7.17. The van der Waals surface area contributed by atoms with Gasteiger partial charge < -0.3 is 0 Å². The van der Waals surface area contributed by atoms with Crippen molar-refractivity contribution < 1.29 is 0 Å². The number of halogens is 1. The fraction of sp³-hybridized carbons (Fsp3) is 0.455. The molecule has 76 valence electrons. The van der Waals surface area contributed by atoms with Crippen LogP contribution in [0.4, 0.5) is 0 Å². The van der Waals surface area contributed by atoms with Crippen LogP contribution in [0.5, 0.6) is 0 Å². The minimum atomic E-state index is 0.163. The Morgan fingerprint density at radius 2 is 1.86 bits per heavy atom. The molecular formula is C11H13ClS2. The molecule has 0 aliphatic carbocycles. The minimum Gasteiger partial charge on any atom is -0.140 e. The Labute approximate surface area is 98.8 Å². The van der Waals surface area contributed by atoms with E-state index in [1.54, 1.807) is 0 Å². The number of benzene rings is 1. The lowest BCUT2D eigenvalue weighted by Gasteiger charge is -2.33. The summed E-state index contributed by atoms with van der Waals surface area (Å²) in [4.78, 5) is 0. The molecule has 1 aromatic rings. The van der Waals surface area contributed by atoms with E-state index in [1.807, 2.05) is 35.7 Å². The summed E-state index contributed by atoms with van der Waals surface area (Å²) in [6, 6.07) is 8.20. The molecule has 3 heteroatoms. The van der Waals surface area contributed by atoms with Gasteiger partial charge in [-0.3, -0.25) is 0 Å². The summed E-state index contributed by atoms with van der Waals surface area (Å²) < 4.78 is 0.163. The molecule has 0 aromatic heterocycles. The van der Waals surface area contributed by atoms with Crippen LogP contribution in [0.25, 0.3) is 0 Å². The van der Waals surface area contributed by atoms with Crippen molar-refractivity contribution in [2.75, 3.05) is 11.5 Å². The summed E-state index contributed by atoms with van der Waals surface area (Å²) in [5.74, 6) is 2.49. The van der Waals surface area contributed by atoms with Crippen molar-refractivity contribution in [1.82, 2.24) is 0 Å². The molecule has 0 atom stereocenters. The zero-order valence-electron chi connectivity index (χ0n) is 8.13. The first-order chi connectivity index (χ1) is 6.72. The third-order valence-corrected chi connectivity index (χ3v) is 5.97. The molecular weight excluding hydrogens is 232 g/mol. The maximum absolute atomic E-state index is 6.22. The van der Waals surface area contributed by atoms with Crippen LogP contribution < -0.4 is 0 Å². The molecule has 0 saturated carbocycles. The Bertz CT molecular complexity index is 319. The van der Waals surface area contributed by atoms with Gasteiger partial charge in [-0.2, -0.15) is 0 Å². The summed E-state index contributed by atoms with van der Waals surface area (Å²) in [6.45, 7) is 2.28. The van der Waals surface area contributed by atoms with Crippen molar-refractivity contribution in [1.29, 1.82) is 0 Å². The van der Waals surface area contributed by atoms with Crippen molar-refractivity contribution in [3.63, 3.8) is 0 Å². The average Bonchev–Trinajstić information content (AvgIpc) is 2.19. The van der Waals surface area contributed by atoms with Gasteiger partial charge in [0.05, 0.1) is 4.08 Å². The smallest absolute Gasteiger partial charge is 0.0846 e. The summed E-state index contributed by atoms with van der Waals surface area (Å²) in [5, 5.41) is 0.900. The zero-order valence-corrected chi connectivity index (χ0v) is 10.5. The molecule has 0 spiro atoms. The average molecular weight is 245 g/mol. The van der Waals surface area contributed by atoms with Gasteiger partial charge in [-0.15, -0.1) is 23.5 Å². The predicted octanol–water partition coefficient (Wildman–Crippen LogP) is 4.38. The maximum Gasteiger partial charge on any atom is 0.0846 e. The minimum absolute atomic E-state index is 0.163. The Kier molecular flexibility index (Phi) is 3.35. The van der Waals surface area contributed by atoms with Crippen molar-refractivity contribution in [3.05, 3.63) is 34.9 Å². The van der Waals surface area contributed by atoms with E-state index < -0.39 is 0 Å². The Balaban J connectivity index is 2.32. The molecule has 1 aromatic carbocycles. The highest BCUT2D eigenvalue weighted by Crippen LogP contribution is 2.51. The van der Waals surface area contributed by atoms with Crippen LogP contribution in [0.2, 0.25) is 5.02 Å². The molecule has 0 N–H and O–H groups in total. The van der Waals surface area contributed by atoms with E-state index in [0.717, 1.165) is 5.02 Å². The van der Waals surface area contributed by atoms with Gasteiger partial charge in [0.2, 0.25) is 0 Å². The first-order valence-corrected chi connectivity index (χ1v) is 7.10. The molecule has 1 aliphatic heterocycles. The predicted molar refractivity (Wildman–Crippen MR) is 68.3 cm³/mol. The molecule has 1 fully saturated rings. The first-order valence-electron chi connectivity index (χ1n) is 4.75. The zero-order chi connectivity index (χ0) is 10.0. The molecule has 2 rings (SSSR count). The standard InChI is InChI=1S/C11H13ClS2/c1-11(13-7-4-8-14-11)9-5-2-3-6-10(9)12/h2-3,5-6H,4,7-8H2,1H3. The Morgan fingerprint density at radius 3 is 2.50 bits per heavy atom. The van der Waals surface area contributed by atoms with Gasteiger partial charge >= 0.3 is 0 Å². The normalized spacial score (nSPS) is 20.7. The quantitative estimate of drug-likeness (QED) is 0.719. The van der Waals surface area contributed by atoms with Gasteiger partial charge in [0.1, 0.15) is 0 Å². The molecule has 0 amide bonds. The maximum atomic E-state index is 6.22. The molecule has 0 bridgehead atoms. The molecule has 1 saturated heterocycles. The fourth-order valence-corrected chi connectivity index (χ4v) is 5.10. The van der Waals surface area contributed by atoms with Crippen LogP contribution in [0, 0.1) is 0 Å². The molecule has 1 aliphatic rings. The molecule has 0 nitrogen and oxygen atoms in total. The van der Waals surface area contributed by atoms with Crippen LogP contribution >= 0.6 is 35.1 Å². The summed E-state index contributed by atoms with van der Waals surface area (Å²) in [6.07, 6.45) is 1.31. The Morgan fingerprint density at radius 1 is 1.21 bits per heavy atom. The second-order valence-electron chi connectivity index (χ2n) is 3.48. The highest BCUT2D eigenvalue weighted by molar-refractivity contribution is 8.18. The van der Waals surface area contributed by atoms with Crippen LogP contribution in [-0.4, -0.2) is 11.5 Å². The van der Waals surface area contributed by atoms with Crippen LogP contribution in [-0.2, 0) is 4.08 Å². The summed E-state index contributed by atoms with van der Waals surface area (Å²) in [7, 11) is 0. The number of thioether (sulfide) groups is 2. The molecule has 0 unspecified atom stereocenters. The van der Waals surface area contributed by atoms with E-state index >= 15 is 0 Å². The third kappa shape index (κ3) is 2.07. The van der Waals surface area contributed by atoms with Gasteiger partial charge in [-0.1, -0.05) is 29.8 Å². The summed E-state index contributed by atoms with van der Waals surface area (Å²) >= 11 is 10.2. The largest absolute Gasteiger partial charge is 0.140 e. The lowest BCUT2D eigenvalue weighted by Crippen LogP contribution is -2.18. The molecule has 14 heavy (non-hydrogen) atoms. The van der Waals surface area contributed by atoms with E-state index in [2.05, 4.69) is 19.1 Å². The topological polar surface area (TPSA) is 0 Å². The van der Waals surface area contributed by atoms with E-state index in [0.29, 0.717) is 0 Å². The van der Waals surface area contributed by atoms with Gasteiger partial charge in [-0.25, -0.2) is 0 Å².